The van der Waals surface area contributed by atoms with Crippen molar-refractivity contribution >= 4 is 17.7 Å². The van der Waals surface area contributed by atoms with E-state index in [9.17, 15) is 9.18 Å². The van der Waals surface area contributed by atoms with E-state index >= 15 is 0 Å². The Morgan fingerprint density at radius 3 is 2.59 bits per heavy atom. The molecule has 0 fully saturated rings. The molecule has 2 rings (SSSR count). The summed E-state index contributed by atoms with van der Waals surface area (Å²) in [6, 6.07) is 14.0. The molecular formula is C17H18FNO2S. The Morgan fingerprint density at radius 2 is 1.91 bits per heavy atom. The molecule has 0 spiro atoms. The van der Waals surface area contributed by atoms with Gasteiger partial charge in [0.25, 0.3) is 0 Å². The van der Waals surface area contributed by atoms with Gasteiger partial charge in [-0.05, 0) is 37.3 Å². The lowest BCUT2D eigenvalue weighted by Gasteiger charge is -2.07. The van der Waals surface area contributed by atoms with Crippen LogP contribution in [0.1, 0.15) is 12.5 Å². The maximum absolute atomic E-state index is 13.4. The van der Waals surface area contributed by atoms with E-state index in [-0.39, 0.29) is 18.3 Å². The molecule has 0 heterocycles. The molecule has 1 N–H and O–H groups in total. The van der Waals surface area contributed by atoms with E-state index in [2.05, 4.69) is 5.32 Å². The SMILES string of the molecule is CCOc1ccc(SCC(=O)NCc2ccccc2F)cc1. The first-order valence-corrected chi connectivity index (χ1v) is 8.03. The van der Waals surface area contributed by atoms with Crippen LogP contribution in [-0.4, -0.2) is 18.3 Å². The molecule has 0 saturated heterocycles. The second-order valence-corrected chi connectivity index (χ2v) is 5.61. The van der Waals surface area contributed by atoms with E-state index in [0.717, 1.165) is 10.6 Å². The lowest BCUT2D eigenvalue weighted by molar-refractivity contribution is -0.118. The summed E-state index contributed by atoms with van der Waals surface area (Å²) in [5, 5.41) is 2.72. The molecule has 0 aliphatic rings. The van der Waals surface area contributed by atoms with Crippen molar-refractivity contribution in [1.82, 2.24) is 5.32 Å². The molecule has 0 aliphatic heterocycles. The highest BCUT2D eigenvalue weighted by molar-refractivity contribution is 8.00. The highest BCUT2D eigenvalue weighted by Gasteiger charge is 2.05. The first kappa shape index (κ1) is 16.4. The molecule has 1 amide bonds. The monoisotopic (exact) mass is 319 g/mol. The van der Waals surface area contributed by atoms with E-state index in [1.165, 1.54) is 17.8 Å². The maximum atomic E-state index is 13.4. The third kappa shape index (κ3) is 5.07. The maximum Gasteiger partial charge on any atom is 0.230 e. The van der Waals surface area contributed by atoms with Crippen molar-refractivity contribution in [2.75, 3.05) is 12.4 Å². The zero-order valence-electron chi connectivity index (χ0n) is 12.3. The largest absolute Gasteiger partial charge is 0.494 e. The normalized spacial score (nSPS) is 10.3. The molecule has 116 valence electrons. The van der Waals surface area contributed by atoms with Crippen molar-refractivity contribution < 1.29 is 13.9 Å². The number of hydrogen-bond donors (Lipinski definition) is 1. The molecular weight excluding hydrogens is 301 g/mol. The van der Waals surface area contributed by atoms with Gasteiger partial charge >= 0.3 is 0 Å². The summed E-state index contributed by atoms with van der Waals surface area (Å²) in [5.74, 6) is 0.683. The summed E-state index contributed by atoms with van der Waals surface area (Å²) < 4.78 is 18.8. The number of ether oxygens (including phenoxy) is 1. The highest BCUT2D eigenvalue weighted by atomic mass is 32.2. The number of thioether (sulfide) groups is 1. The number of carbonyl (C=O) groups excluding carboxylic acids is 1. The van der Waals surface area contributed by atoms with Crippen molar-refractivity contribution in [2.45, 2.75) is 18.4 Å². The summed E-state index contributed by atoms with van der Waals surface area (Å²) in [6.45, 7) is 2.77. The van der Waals surface area contributed by atoms with Crippen LogP contribution in [0.2, 0.25) is 0 Å². The summed E-state index contributed by atoms with van der Waals surface area (Å²) in [6.07, 6.45) is 0. The molecule has 2 aromatic carbocycles. The average Bonchev–Trinajstić information content (AvgIpc) is 2.54. The number of hydrogen-bond acceptors (Lipinski definition) is 3. The summed E-state index contributed by atoms with van der Waals surface area (Å²) in [5.41, 5.74) is 0.488. The smallest absolute Gasteiger partial charge is 0.230 e. The van der Waals surface area contributed by atoms with Crippen molar-refractivity contribution in [3.05, 3.63) is 59.9 Å². The van der Waals surface area contributed by atoms with Gasteiger partial charge in [0.15, 0.2) is 0 Å². The fourth-order valence-corrected chi connectivity index (χ4v) is 2.56. The Kier molecular flexibility index (Phi) is 6.27. The first-order valence-electron chi connectivity index (χ1n) is 7.05. The van der Waals surface area contributed by atoms with Crippen molar-refractivity contribution in [2.24, 2.45) is 0 Å². The van der Waals surface area contributed by atoms with Gasteiger partial charge in [-0.25, -0.2) is 4.39 Å². The molecule has 0 saturated carbocycles. The Morgan fingerprint density at radius 1 is 1.18 bits per heavy atom. The molecule has 0 atom stereocenters. The minimum atomic E-state index is -0.304. The topological polar surface area (TPSA) is 38.3 Å². The van der Waals surface area contributed by atoms with Gasteiger partial charge in [0.1, 0.15) is 11.6 Å². The molecule has 22 heavy (non-hydrogen) atoms. The second-order valence-electron chi connectivity index (χ2n) is 4.56. The van der Waals surface area contributed by atoms with Gasteiger partial charge in [0.05, 0.1) is 12.4 Å². The quantitative estimate of drug-likeness (QED) is 0.792. The van der Waals surface area contributed by atoms with Crippen LogP contribution >= 0.6 is 11.8 Å². The number of benzene rings is 2. The van der Waals surface area contributed by atoms with Crippen LogP contribution in [-0.2, 0) is 11.3 Å². The standard InChI is InChI=1S/C17H18FNO2S/c1-2-21-14-7-9-15(10-8-14)22-12-17(20)19-11-13-5-3-4-6-16(13)18/h3-10H,2,11-12H2,1H3,(H,19,20). The van der Waals surface area contributed by atoms with Gasteiger partial charge in [0, 0.05) is 17.0 Å². The second kappa shape index (κ2) is 8.44. The minimum absolute atomic E-state index is 0.123. The Hall–Kier alpha value is -2.01. The third-order valence-corrected chi connectivity index (χ3v) is 3.95. The zero-order valence-corrected chi connectivity index (χ0v) is 13.2. The van der Waals surface area contributed by atoms with E-state index < -0.39 is 0 Å². The van der Waals surface area contributed by atoms with E-state index in [1.54, 1.807) is 18.2 Å². The lowest BCUT2D eigenvalue weighted by Crippen LogP contribution is -2.24. The van der Waals surface area contributed by atoms with Gasteiger partial charge in [-0.2, -0.15) is 0 Å². The van der Waals surface area contributed by atoms with Crippen LogP contribution in [0.5, 0.6) is 5.75 Å². The Bertz CT molecular complexity index is 616. The fourth-order valence-electron chi connectivity index (χ4n) is 1.83. The van der Waals surface area contributed by atoms with Crippen LogP contribution in [0.4, 0.5) is 4.39 Å². The van der Waals surface area contributed by atoms with Gasteiger partial charge in [0.2, 0.25) is 5.91 Å². The number of amides is 1. The van der Waals surface area contributed by atoms with Gasteiger partial charge in [-0.3, -0.25) is 4.79 Å². The van der Waals surface area contributed by atoms with E-state index in [0.29, 0.717) is 17.9 Å². The molecule has 2 aromatic rings. The number of rotatable bonds is 7. The molecule has 0 radical (unpaired) electrons. The number of nitrogens with one attached hydrogen (secondary N) is 1. The molecule has 0 bridgehead atoms. The molecule has 0 unspecified atom stereocenters. The van der Waals surface area contributed by atoms with Gasteiger partial charge in [-0.1, -0.05) is 18.2 Å². The van der Waals surface area contributed by atoms with E-state index in [1.807, 2.05) is 31.2 Å². The van der Waals surface area contributed by atoms with Crippen molar-refractivity contribution in [3.63, 3.8) is 0 Å². The van der Waals surface area contributed by atoms with Crippen LogP contribution < -0.4 is 10.1 Å². The predicted molar refractivity (Wildman–Crippen MR) is 86.6 cm³/mol. The molecule has 5 heteroatoms. The summed E-state index contributed by atoms with van der Waals surface area (Å²) in [7, 11) is 0. The predicted octanol–water partition coefficient (Wildman–Crippen LogP) is 3.63. The van der Waals surface area contributed by atoms with Gasteiger partial charge < -0.3 is 10.1 Å². The van der Waals surface area contributed by atoms with Gasteiger partial charge in [-0.15, -0.1) is 11.8 Å². The van der Waals surface area contributed by atoms with Crippen LogP contribution in [0.3, 0.4) is 0 Å². The first-order chi connectivity index (χ1) is 10.7. The number of carbonyl (C=O) groups is 1. The molecule has 0 aromatic heterocycles. The zero-order chi connectivity index (χ0) is 15.8. The Labute approximate surface area is 133 Å². The Balaban J connectivity index is 1.76. The number of halogens is 1. The lowest BCUT2D eigenvalue weighted by atomic mass is 10.2. The third-order valence-electron chi connectivity index (χ3n) is 2.94. The highest BCUT2D eigenvalue weighted by Crippen LogP contribution is 2.21. The molecule has 0 aliphatic carbocycles. The van der Waals surface area contributed by atoms with Crippen molar-refractivity contribution in [1.29, 1.82) is 0 Å². The molecule has 3 nitrogen and oxygen atoms in total. The van der Waals surface area contributed by atoms with Crippen LogP contribution in [0.25, 0.3) is 0 Å². The van der Waals surface area contributed by atoms with Crippen LogP contribution in [0.15, 0.2) is 53.4 Å². The minimum Gasteiger partial charge on any atom is -0.494 e. The van der Waals surface area contributed by atoms with Crippen molar-refractivity contribution in [3.8, 4) is 5.75 Å². The van der Waals surface area contributed by atoms with Crippen LogP contribution in [0, 0.1) is 5.82 Å². The fraction of sp³-hybridized carbons (Fsp3) is 0.235. The summed E-state index contributed by atoms with van der Waals surface area (Å²) in [4.78, 5) is 12.8. The van der Waals surface area contributed by atoms with E-state index in [4.69, 9.17) is 4.74 Å². The average molecular weight is 319 g/mol. The summed E-state index contributed by atoms with van der Waals surface area (Å²) >= 11 is 1.43.